The molecule has 18 heavy (non-hydrogen) atoms. The molecule has 2 atom stereocenters. The van der Waals surface area contributed by atoms with E-state index in [0.29, 0.717) is 11.5 Å². The van der Waals surface area contributed by atoms with Crippen LogP contribution in [0.25, 0.3) is 0 Å². The van der Waals surface area contributed by atoms with Gasteiger partial charge in [-0.3, -0.25) is 0 Å². The van der Waals surface area contributed by atoms with Gasteiger partial charge in [0.25, 0.3) is 0 Å². The van der Waals surface area contributed by atoms with Crippen LogP contribution in [0, 0.1) is 0 Å². The smallest absolute Gasteiger partial charge is 0.173 e. The van der Waals surface area contributed by atoms with Crippen LogP contribution in [0.2, 0.25) is 0 Å². The molecule has 6 nitrogen and oxygen atoms in total. The third kappa shape index (κ3) is 3.66. The lowest BCUT2D eigenvalue weighted by atomic mass is 10.3. The molecule has 0 bridgehead atoms. The Labute approximate surface area is 112 Å². The van der Waals surface area contributed by atoms with E-state index >= 15 is 0 Å². The Balaban J connectivity index is 1.82. The van der Waals surface area contributed by atoms with Crippen LogP contribution in [0.5, 0.6) is 0 Å². The highest BCUT2D eigenvalue weighted by molar-refractivity contribution is 7.94. The summed E-state index contributed by atoms with van der Waals surface area (Å²) in [5.74, 6) is 0.233. The Hall–Kier alpha value is -0.670. The molecule has 0 spiro atoms. The molecule has 0 aromatic heterocycles. The Kier molecular flexibility index (Phi) is 3.65. The molecule has 0 aliphatic carbocycles. The van der Waals surface area contributed by atoms with Crippen molar-refractivity contribution >= 4 is 37.0 Å². The summed E-state index contributed by atoms with van der Waals surface area (Å²) in [6.07, 6.45) is 2.07. The van der Waals surface area contributed by atoms with E-state index in [9.17, 15) is 16.8 Å². The van der Waals surface area contributed by atoms with Gasteiger partial charge in [-0.15, -0.1) is 0 Å². The molecule has 9 heteroatoms. The van der Waals surface area contributed by atoms with Gasteiger partial charge in [-0.1, -0.05) is 0 Å². The monoisotopic (exact) mass is 310 g/mol. The molecular formula is C9H14N2O4S3. The first kappa shape index (κ1) is 13.8. The van der Waals surface area contributed by atoms with Crippen molar-refractivity contribution in [1.29, 1.82) is 0 Å². The molecule has 2 rings (SSSR count). The molecule has 2 N–H and O–H groups in total. The van der Waals surface area contributed by atoms with Crippen molar-refractivity contribution in [1.82, 2.24) is 10.6 Å². The van der Waals surface area contributed by atoms with E-state index < -0.39 is 19.7 Å². The zero-order chi connectivity index (χ0) is 13.4. The van der Waals surface area contributed by atoms with Crippen LogP contribution < -0.4 is 10.6 Å². The standard InChI is InChI=1S/C9H14N2O4S3/c12-17(13)3-1-7(5-17)10-9(16)11-8-2-4-18(14,15)6-8/h1,3,7-8H,2,4-6H2,(H2,10,11,16)/t7-,8+/m0/s1. The number of hydrogen-bond donors (Lipinski definition) is 2. The summed E-state index contributed by atoms with van der Waals surface area (Å²) in [5.41, 5.74) is 0. The van der Waals surface area contributed by atoms with Gasteiger partial charge in [0.1, 0.15) is 0 Å². The van der Waals surface area contributed by atoms with E-state index in [1.807, 2.05) is 0 Å². The lowest BCUT2D eigenvalue weighted by Crippen LogP contribution is -2.46. The lowest BCUT2D eigenvalue weighted by Gasteiger charge is -2.17. The zero-order valence-electron chi connectivity index (χ0n) is 9.50. The number of thiocarbonyl (C=S) groups is 1. The summed E-state index contributed by atoms with van der Waals surface area (Å²) in [7, 11) is -6.06. The normalized spacial score (nSPS) is 32.2. The number of hydrogen-bond acceptors (Lipinski definition) is 5. The second kappa shape index (κ2) is 4.78. The van der Waals surface area contributed by atoms with Gasteiger partial charge in [0.2, 0.25) is 0 Å². The third-order valence-corrected chi connectivity index (χ3v) is 6.21. The molecule has 2 heterocycles. The molecule has 0 amide bonds. The molecule has 0 saturated carbocycles. The number of rotatable bonds is 2. The molecule has 2 aliphatic rings. The maximum absolute atomic E-state index is 11.3. The fourth-order valence-corrected chi connectivity index (χ4v) is 5.20. The first-order chi connectivity index (χ1) is 8.26. The molecule has 1 saturated heterocycles. The van der Waals surface area contributed by atoms with Crippen LogP contribution in [0.15, 0.2) is 11.5 Å². The summed E-state index contributed by atoms with van der Waals surface area (Å²) in [6.45, 7) is 0. The molecular weight excluding hydrogens is 296 g/mol. The molecule has 0 aromatic carbocycles. The van der Waals surface area contributed by atoms with Gasteiger partial charge >= 0.3 is 0 Å². The van der Waals surface area contributed by atoms with E-state index in [-0.39, 0.29) is 29.3 Å². The number of sulfone groups is 2. The summed E-state index contributed by atoms with van der Waals surface area (Å²) in [5, 5.41) is 7.20. The van der Waals surface area contributed by atoms with Crippen LogP contribution >= 0.6 is 12.2 Å². The van der Waals surface area contributed by atoms with E-state index in [2.05, 4.69) is 10.6 Å². The largest absolute Gasteiger partial charge is 0.359 e. The van der Waals surface area contributed by atoms with Gasteiger partial charge in [0.15, 0.2) is 24.8 Å². The van der Waals surface area contributed by atoms with Gasteiger partial charge in [-0.05, 0) is 24.7 Å². The van der Waals surface area contributed by atoms with Gasteiger partial charge in [-0.2, -0.15) is 0 Å². The van der Waals surface area contributed by atoms with Crippen molar-refractivity contribution in [3.8, 4) is 0 Å². The van der Waals surface area contributed by atoms with Gasteiger partial charge < -0.3 is 10.6 Å². The van der Waals surface area contributed by atoms with E-state index in [0.717, 1.165) is 5.41 Å². The van der Waals surface area contributed by atoms with Crippen LogP contribution in [0.1, 0.15) is 6.42 Å². The van der Waals surface area contributed by atoms with E-state index in [1.165, 1.54) is 6.08 Å². The quantitative estimate of drug-likeness (QED) is 0.629. The Morgan fingerprint density at radius 3 is 2.39 bits per heavy atom. The second-order valence-electron chi connectivity index (χ2n) is 4.48. The summed E-state index contributed by atoms with van der Waals surface area (Å²) in [6, 6.07) is -0.523. The predicted molar refractivity (Wildman–Crippen MR) is 72.6 cm³/mol. The Morgan fingerprint density at radius 1 is 1.17 bits per heavy atom. The van der Waals surface area contributed by atoms with Crippen molar-refractivity contribution in [3.63, 3.8) is 0 Å². The van der Waals surface area contributed by atoms with Crippen molar-refractivity contribution in [2.75, 3.05) is 17.3 Å². The average molecular weight is 310 g/mol. The van der Waals surface area contributed by atoms with Crippen molar-refractivity contribution in [3.05, 3.63) is 11.5 Å². The van der Waals surface area contributed by atoms with Crippen molar-refractivity contribution in [2.24, 2.45) is 0 Å². The maximum Gasteiger partial charge on any atom is 0.173 e. The summed E-state index contributed by atoms with van der Waals surface area (Å²) in [4.78, 5) is 0. The minimum Gasteiger partial charge on any atom is -0.359 e. The van der Waals surface area contributed by atoms with Crippen LogP contribution in [0.4, 0.5) is 0 Å². The Bertz CT molecular complexity index is 579. The average Bonchev–Trinajstić information content (AvgIpc) is 2.69. The van der Waals surface area contributed by atoms with Crippen molar-refractivity contribution in [2.45, 2.75) is 18.5 Å². The Morgan fingerprint density at radius 2 is 1.89 bits per heavy atom. The minimum absolute atomic E-state index is 0.0161. The van der Waals surface area contributed by atoms with E-state index in [1.54, 1.807) is 0 Å². The first-order valence-corrected chi connectivity index (χ1v) is 9.39. The topological polar surface area (TPSA) is 92.3 Å². The van der Waals surface area contributed by atoms with Gasteiger partial charge in [-0.25, -0.2) is 16.8 Å². The minimum atomic E-state index is -3.11. The maximum atomic E-state index is 11.3. The molecule has 0 unspecified atom stereocenters. The highest BCUT2D eigenvalue weighted by atomic mass is 32.2. The van der Waals surface area contributed by atoms with Crippen molar-refractivity contribution < 1.29 is 16.8 Å². The number of nitrogens with one attached hydrogen (secondary N) is 2. The fraction of sp³-hybridized carbons (Fsp3) is 0.667. The summed E-state index contributed by atoms with van der Waals surface area (Å²) >= 11 is 5.03. The summed E-state index contributed by atoms with van der Waals surface area (Å²) < 4.78 is 44.9. The van der Waals surface area contributed by atoms with Crippen LogP contribution in [-0.2, 0) is 19.7 Å². The highest BCUT2D eigenvalue weighted by Gasteiger charge is 2.29. The van der Waals surface area contributed by atoms with Crippen LogP contribution in [0.3, 0.4) is 0 Å². The molecule has 0 radical (unpaired) electrons. The molecule has 102 valence electrons. The predicted octanol–water partition coefficient (Wildman–Crippen LogP) is -1.05. The second-order valence-corrected chi connectivity index (χ2v) is 9.05. The fourth-order valence-electron chi connectivity index (χ4n) is 1.97. The molecule has 2 aliphatic heterocycles. The SMILES string of the molecule is O=S1(=O)C=C[C@H](NC(=S)N[C@@H]2CCS(=O)(=O)C2)C1. The molecule has 0 aromatic rings. The highest BCUT2D eigenvalue weighted by Crippen LogP contribution is 2.11. The van der Waals surface area contributed by atoms with Gasteiger partial charge in [0, 0.05) is 11.4 Å². The van der Waals surface area contributed by atoms with E-state index in [4.69, 9.17) is 12.2 Å². The molecule has 1 fully saturated rings. The third-order valence-electron chi connectivity index (χ3n) is 2.81. The lowest BCUT2D eigenvalue weighted by molar-refractivity contribution is 0.600. The first-order valence-electron chi connectivity index (χ1n) is 5.44. The van der Waals surface area contributed by atoms with Crippen LogP contribution in [-0.4, -0.2) is 51.3 Å². The zero-order valence-corrected chi connectivity index (χ0v) is 11.9. The van der Waals surface area contributed by atoms with Gasteiger partial charge in [0.05, 0.1) is 23.3 Å².